The Morgan fingerprint density at radius 2 is 1.50 bits per heavy atom. The van der Waals surface area contributed by atoms with Crippen LogP contribution in [-0.4, -0.2) is 37.9 Å². The summed E-state index contributed by atoms with van der Waals surface area (Å²) in [6.45, 7) is 12.2. The first-order valence-electron chi connectivity index (χ1n) is 14.9. The average molecular weight is 613 g/mol. The molecule has 6 aromatic rings. The molecule has 10 heteroatoms. The van der Waals surface area contributed by atoms with Gasteiger partial charge in [-0.15, -0.1) is 0 Å². The van der Waals surface area contributed by atoms with Crippen LogP contribution in [0, 0.1) is 22.6 Å². The summed E-state index contributed by atoms with van der Waals surface area (Å²) in [6.07, 6.45) is 0. The van der Waals surface area contributed by atoms with Crippen LogP contribution in [0.25, 0.3) is 50.5 Å². The van der Waals surface area contributed by atoms with Crippen molar-refractivity contribution in [1.29, 1.82) is 10.7 Å². The van der Waals surface area contributed by atoms with Crippen molar-refractivity contribution in [2.75, 3.05) is 0 Å². The maximum absolute atomic E-state index is 15.4. The standard InChI is InChI=1S/C36H33FN8O/c1-19(2)40-21(5)22-6-11-30-31(15-22)45-36(43-30)27-10-9-26(17-28(27)37)46-33-13-8-24(14-25(33)18-38)35-42-29-12-7-23(16-32(29)44-35)34(39)41-20(3)4/h6-17,19-20,40H,5H2,1-4H3,(H2,39,41)(H,42,44)(H,43,45). The minimum atomic E-state index is -0.517. The molecule has 4 aromatic carbocycles. The molecule has 230 valence electrons. The van der Waals surface area contributed by atoms with Crippen LogP contribution in [0.1, 0.15) is 44.4 Å². The smallest absolute Gasteiger partial charge is 0.145 e. The fourth-order valence-electron chi connectivity index (χ4n) is 5.16. The van der Waals surface area contributed by atoms with Crippen LogP contribution in [0.2, 0.25) is 0 Å². The van der Waals surface area contributed by atoms with E-state index >= 15 is 4.39 Å². The van der Waals surface area contributed by atoms with Gasteiger partial charge in [0.15, 0.2) is 0 Å². The lowest BCUT2D eigenvalue weighted by molar-refractivity contribution is 0.475. The fraction of sp³-hybridized carbons (Fsp3) is 0.167. The van der Waals surface area contributed by atoms with E-state index in [1.165, 1.54) is 6.07 Å². The molecule has 0 aliphatic heterocycles. The van der Waals surface area contributed by atoms with Gasteiger partial charge in [-0.25, -0.2) is 14.4 Å². The van der Waals surface area contributed by atoms with Crippen LogP contribution in [0.15, 0.2) is 79.4 Å². The zero-order chi connectivity index (χ0) is 32.5. The first-order chi connectivity index (χ1) is 22.1. The van der Waals surface area contributed by atoms with Crippen molar-refractivity contribution in [2.24, 2.45) is 0 Å². The third kappa shape index (κ3) is 6.16. The van der Waals surface area contributed by atoms with Crippen molar-refractivity contribution < 1.29 is 9.13 Å². The van der Waals surface area contributed by atoms with E-state index < -0.39 is 5.82 Å². The highest BCUT2D eigenvalue weighted by atomic mass is 19.1. The minimum absolute atomic E-state index is 0.143. The largest absolute Gasteiger partial charge is 0.456 e. The summed E-state index contributed by atoms with van der Waals surface area (Å²) in [7, 11) is 0. The molecule has 0 radical (unpaired) electrons. The Hall–Kier alpha value is -5.95. The molecule has 46 heavy (non-hydrogen) atoms. The van der Waals surface area contributed by atoms with Gasteiger partial charge < -0.3 is 25.3 Å². The predicted molar refractivity (Wildman–Crippen MR) is 180 cm³/mol. The minimum Gasteiger partial charge on any atom is -0.456 e. The van der Waals surface area contributed by atoms with Crippen LogP contribution in [0.4, 0.5) is 4.39 Å². The molecule has 0 aliphatic rings. The normalized spacial score (nSPS) is 11.3. The molecule has 0 amide bonds. The van der Waals surface area contributed by atoms with Crippen molar-refractivity contribution in [3.63, 3.8) is 0 Å². The van der Waals surface area contributed by atoms with Crippen LogP contribution < -0.4 is 15.4 Å². The number of halogens is 1. The topological polar surface area (TPSA) is 138 Å². The van der Waals surface area contributed by atoms with E-state index in [9.17, 15) is 5.26 Å². The number of nitriles is 1. The lowest BCUT2D eigenvalue weighted by atomic mass is 10.1. The number of rotatable bonds is 9. The van der Waals surface area contributed by atoms with Gasteiger partial charge in [0, 0.05) is 35.0 Å². The lowest BCUT2D eigenvalue weighted by Crippen LogP contribution is -2.30. The van der Waals surface area contributed by atoms with Gasteiger partial charge in [-0.3, -0.25) is 5.41 Å². The number of nitrogens with zero attached hydrogens (tertiary/aromatic N) is 3. The van der Waals surface area contributed by atoms with E-state index in [0.717, 1.165) is 33.4 Å². The average Bonchev–Trinajstić information content (AvgIpc) is 3.64. The highest BCUT2D eigenvalue weighted by molar-refractivity contribution is 5.99. The van der Waals surface area contributed by atoms with E-state index in [0.29, 0.717) is 34.1 Å². The summed E-state index contributed by atoms with van der Waals surface area (Å²) in [6, 6.07) is 23.5. The first-order valence-corrected chi connectivity index (χ1v) is 14.9. The number of ether oxygens (including phenoxy) is 1. The number of amidine groups is 1. The molecule has 0 unspecified atom stereocenters. The Kier molecular flexibility index (Phi) is 7.99. The summed E-state index contributed by atoms with van der Waals surface area (Å²) in [5, 5.41) is 24.6. The highest BCUT2D eigenvalue weighted by Gasteiger charge is 2.15. The Morgan fingerprint density at radius 1 is 0.848 bits per heavy atom. The fourth-order valence-corrected chi connectivity index (χ4v) is 5.16. The Bertz CT molecular complexity index is 2170. The van der Waals surface area contributed by atoms with Crippen LogP contribution in [-0.2, 0) is 0 Å². The van der Waals surface area contributed by atoms with E-state index in [-0.39, 0.29) is 29.1 Å². The molecule has 0 spiro atoms. The first kappa shape index (κ1) is 30.1. The van der Waals surface area contributed by atoms with Gasteiger partial charge in [0.1, 0.15) is 40.9 Å². The van der Waals surface area contributed by atoms with Gasteiger partial charge in [0.25, 0.3) is 0 Å². The van der Waals surface area contributed by atoms with Gasteiger partial charge >= 0.3 is 0 Å². The molecule has 0 fully saturated rings. The van der Waals surface area contributed by atoms with Crippen molar-refractivity contribution in [3.8, 4) is 40.3 Å². The molecule has 6 rings (SSSR count). The SMILES string of the molecule is C=C(NC(C)C)c1ccc2nc(-c3ccc(Oc4ccc(-c5nc6ccc(C(=N)NC(C)C)cc6[nH]5)cc4C#N)cc3F)[nH]c2c1. The Morgan fingerprint density at radius 3 is 2.17 bits per heavy atom. The maximum Gasteiger partial charge on any atom is 0.145 e. The molecule has 0 atom stereocenters. The molecule has 0 saturated carbocycles. The second-order valence-electron chi connectivity index (χ2n) is 11.7. The highest BCUT2D eigenvalue weighted by Crippen LogP contribution is 2.33. The molecular formula is C36H33FN8O. The van der Waals surface area contributed by atoms with Crippen molar-refractivity contribution in [1.82, 2.24) is 30.6 Å². The number of aromatic amines is 2. The molecule has 0 bridgehead atoms. The third-order valence-electron chi connectivity index (χ3n) is 7.29. The number of aromatic nitrogens is 4. The van der Waals surface area contributed by atoms with Gasteiger partial charge in [-0.1, -0.05) is 12.6 Å². The lowest BCUT2D eigenvalue weighted by Gasteiger charge is -2.12. The summed E-state index contributed by atoms with van der Waals surface area (Å²) >= 11 is 0. The number of benzene rings is 4. The summed E-state index contributed by atoms with van der Waals surface area (Å²) < 4.78 is 21.3. The monoisotopic (exact) mass is 612 g/mol. The van der Waals surface area contributed by atoms with Crippen molar-refractivity contribution >= 4 is 33.6 Å². The molecule has 0 saturated heterocycles. The van der Waals surface area contributed by atoms with E-state index in [1.807, 2.05) is 64.1 Å². The molecular weight excluding hydrogens is 579 g/mol. The summed E-state index contributed by atoms with van der Waals surface area (Å²) in [5.41, 5.74) is 6.71. The number of fused-ring (bicyclic) bond motifs is 2. The quantitative estimate of drug-likeness (QED) is 0.0832. The van der Waals surface area contributed by atoms with Crippen molar-refractivity contribution in [3.05, 3.63) is 102 Å². The second kappa shape index (κ2) is 12.2. The zero-order valence-corrected chi connectivity index (χ0v) is 25.9. The van der Waals surface area contributed by atoms with Crippen molar-refractivity contribution in [2.45, 2.75) is 39.8 Å². The number of hydrogen-bond acceptors (Lipinski definition) is 6. The molecule has 9 nitrogen and oxygen atoms in total. The van der Waals surface area contributed by atoms with E-state index in [2.05, 4.69) is 43.2 Å². The number of H-pyrrole nitrogens is 2. The van der Waals surface area contributed by atoms with Crippen LogP contribution >= 0.6 is 0 Å². The van der Waals surface area contributed by atoms with E-state index in [4.69, 9.17) is 10.1 Å². The molecule has 0 aliphatic carbocycles. The molecule has 2 aromatic heterocycles. The van der Waals surface area contributed by atoms with Gasteiger partial charge in [0.05, 0.1) is 33.2 Å². The van der Waals surface area contributed by atoms with Crippen LogP contribution in [0.3, 0.4) is 0 Å². The van der Waals surface area contributed by atoms with Gasteiger partial charge in [-0.2, -0.15) is 5.26 Å². The van der Waals surface area contributed by atoms with Gasteiger partial charge in [0.2, 0.25) is 0 Å². The molecule has 5 N–H and O–H groups in total. The van der Waals surface area contributed by atoms with E-state index in [1.54, 1.807) is 30.3 Å². The number of hydrogen-bond donors (Lipinski definition) is 5. The van der Waals surface area contributed by atoms with Crippen LogP contribution in [0.5, 0.6) is 11.5 Å². The molecule has 2 heterocycles. The predicted octanol–water partition coefficient (Wildman–Crippen LogP) is 7.87. The Labute approximate surface area is 265 Å². The Balaban J connectivity index is 1.22. The summed E-state index contributed by atoms with van der Waals surface area (Å²) in [5.74, 6) is 1.32. The zero-order valence-electron chi connectivity index (χ0n) is 25.9. The number of nitrogens with one attached hydrogen (secondary N) is 5. The maximum atomic E-state index is 15.4. The number of imidazole rings is 2. The third-order valence-corrected chi connectivity index (χ3v) is 7.29. The van der Waals surface area contributed by atoms with Gasteiger partial charge in [-0.05, 0) is 93.9 Å². The second-order valence-corrected chi connectivity index (χ2v) is 11.7. The summed E-state index contributed by atoms with van der Waals surface area (Å²) in [4.78, 5) is 15.7.